The molecule has 1 aliphatic carbocycles. The molecule has 38 heavy (non-hydrogen) atoms. The molecule has 0 unspecified atom stereocenters. The number of hydrogen-bond donors (Lipinski definition) is 1. The predicted molar refractivity (Wildman–Crippen MR) is 137 cm³/mol. The fourth-order valence-corrected chi connectivity index (χ4v) is 5.15. The number of aromatic nitrogens is 4. The number of halogens is 2. The predicted octanol–water partition coefficient (Wildman–Crippen LogP) is 5.18. The van der Waals surface area contributed by atoms with Crippen LogP contribution in [0.15, 0.2) is 32.6 Å². The number of aryl methyl sites for hydroxylation is 1. The normalized spacial score (nSPS) is 18.7. The Labute approximate surface area is 219 Å². The van der Waals surface area contributed by atoms with Gasteiger partial charge in [-0.1, -0.05) is 19.0 Å². The smallest absolute Gasteiger partial charge is 0.241 e. The fraction of sp³-hybridized carbons (Fsp3) is 0.440. The first-order chi connectivity index (χ1) is 17.9. The van der Waals surface area contributed by atoms with Crippen LogP contribution in [0.2, 0.25) is 0 Å². The Hall–Kier alpha value is -3.45. The molecule has 0 saturated heterocycles. The van der Waals surface area contributed by atoms with Gasteiger partial charge in [-0.25, -0.2) is 27.3 Å². The molecule has 0 aliphatic heterocycles. The van der Waals surface area contributed by atoms with E-state index >= 15 is 0 Å². The Kier molecular flexibility index (Phi) is 7.79. The van der Waals surface area contributed by atoms with Gasteiger partial charge >= 0.3 is 0 Å². The van der Waals surface area contributed by atoms with Crippen LogP contribution in [0.3, 0.4) is 0 Å². The second-order valence-electron chi connectivity index (χ2n) is 9.53. The van der Waals surface area contributed by atoms with Crippen LogP contribution in [-0.4, -0.2) is 41.2 Å². The molecule has 0 atom stereocenters. The Bertz CT molecular complexity index is 1490. The Morgan fingerprint density at radius 3 is 2.50 bits per heavy atom. The highest BCUT2D eigenvalue weighted by molar-refractivity contribution is 7.89. The molecule has 204 valence electrons. The van der Waals surface area contributed by atoms with E-state index in [1.807, 2.05) is 13.8 Å². The van der Waals surface area contributed by atoms with Gasteiger partial charge in [-0.3, -0.25) is 0 Å². The van der Waals surface area contributed by atoms with Crippen molar-refractivity contribution in [2.75, 3.05) is 0 Å². The monoisotopic (exact) mass is 548 g/mol. The van der Waals surface area contributed by atoms with Crippen molar-refractivity contribution in [2.45, 2.75) is 76.2 Å². The van der Waals surface area contributed by atoms with Crippen molar-refractivity contribution in [1.82, 2.24) is 19.9 Å². The first-order valence-corrected chi connectivity index (χ1v) is 13.7. The Balaban J connectivity index is 1.56. The molecule has 1 aromatic carbocycles. The summed E-state index contributed by atoms with van der Waals surface area (Å²) < 4.78 is 65.8. The molecule has 10 nitrogen and oxygen atoms in total. The summed E-state index contributed by atoms with van der Waals surface area (Å²) in [6.45, 7) is 11.0. The van der Waals surface area contributed by atoms with E-state index in [1.54, 1.807) is 19.9 Å². The molecule has 1 saturated carbocycles. The minimum atomic E-state index is -4.45. The minimum Gasteiger partial charge on any atom is -0.475 e. The molecule has 0 radical (unpaired) electrons. The van der Waals surface area contributed by atoms with Crippen molar-refractivity contribution in [3.05, 3.63) is 47.3 Å². The topological polar surface area (TPSA) is 138 Å². The molecule has 0 spiro atoms. The molecule has 2 aromatic heterocycles. The summed E-state index contributed by atoms with van der Waals surface area (Å²) in [6, 6.07) is 1.31. The number of nitrogens with two attached hydrogens (primary N) is 1. The van der Waals surface area contributed by atoms with Gasteiger partial charge in [-0.05, 0) is 64.5 Å². The van der Waals surface area contributed by atoms with Crippen LogP contribution in [0.4, 0.5) is 14.6 Å². The zero-order valence-corrected chi connectivity index (χ0v) is 22.4. The maximum atomic E-state index is 15.0. The molecular weight excluding hydrogens is 518 g/mol. The lowest BCUT2D eigenvalue weighted by molar-refractivity contribution is 0.101. The van der Waals surface area contributed by atoms with E-state index in [4.69, 9.17) is 14.4 Å². The third-order valence-electron chi connectivity index (χ3n) is 6.52. The van der Waals surface area contributed by atoms with Crippen molar-refractivity contribution < 1.29 is 26.5 Å². The molecule has 2 N–H and O–H groups in total. The standard InChI is InChI=1S/C25H30F2N6O4S/c1-6-21(36-16-9-7-15(8-10-16)25-30-23(13(2)3)32-37-25)33-24(29-5)22(14(4)31-33)17-11-19(27)20(12-18(17)26)38(28,34)35/h6,11-13,15-16H,5,7-10H2,1-4H3,(H2,28,34,35)/b21-6+. The maximum Gasteiger partial charge on any atom is 0.241 e. The van der Waals surface area contributed by atoms with Crippen LogP contribution < -0.4 is 5.14 Å². The summed E-state index contributed by atoms with van der Waals surface area (Å²) in [7, 11) is -4.45. The third kappa shape index (κ3) is 5.39. The summed E-state index contributed by atoms with van der Waals surface area (Å²) in [5.74, 6) is -0.0172. The van der Waals surface area contributed by atoms with Crippen molar-refractivity contribution in [1.29, 1.82) is 0 Å². The van der Waals surface area contributed by atoms with E-state index in [9.17, 15) is 17.2 Å². The summed E-state index contributed by atoms with van der Waals surface area (Å²) in [5.41, 5.74) is 0.247. The number of rotatable bonds is 8. The number of ether oxygens (including phenoxy) is 1. The third-order valence-corrected chi connectivity index (χ3v) is 7.45. The van der Waals surface area contributed by atoms with Crippen LogP contribution >= 0.6 is 0 Å². The van der Waals surface area contributed by atoms with Gasteiger partial charge in [0.15, 0.2) is 11.6 Å². The molecule has 0 amide bonds. The second kappa shape index (κ2) is 10.7. The number of allylic oxidation sites excluding steroid dienone is 1. The molecule has 3 aromatic rings. The van der Waals surface area contributed by atoms with Crippen LogP contribution in [-0.2, 0) is 14.8 Å². The molecule has 1 aliphatic rings. The van der Waals surface area contributed by atoms with E-state index in [2.05, 4.69) is 26.9 Å². The zero-order valence-electron chi connectivity index (χ0n) is 21.6. The highest BCUT2D eigenvalue weighted by Crippen LogP contribution is 2.39. The Morgan fingerprint density at radius 1 is 1.26 bits per heavy atom. The summed E-state index contributed by atoms with van der Waals surface area (Å²) in [5, 5.41) is 13.5. The SMILES string of the molecule is C=Nc1c(-c2cc(F)c(S(N)(=O)=O)cc2F)c(C)nn1/C(=C\C)OC1CCC(c2nc(C(C)C)no2)CC1. The highest BCUT2D eigenvalue weighted by Gasteiger charge is 2.30. The average Bonchev–Trinajstić information content (AvgIpc) is 3.48. The molecule has 2 heterocycles. The molecule has 13 heteroatoms. The van der Waals surface area contributed by atoms with Gasteiger partial charge in [-0.15, -0.1) is 0 Å². The first kappa shape index (κ1) is 27.6. The van der Waals surface area contributed by atoms with Crippen molar-refractivity contribution in [3.63, 3.8) is 0 Å². The van der Waals surface area contributed by atoms with E-state index < -0.39 is 26.6 Å². The van der Waals surface area contributed by atoms with Gasteiger partial charge in [0.25, 0.3) is 0 Å². The summed E-state index contributed by atoms with van der Waals surface area (Å²) in [6.07, 6.45) is 4.65. The Morgan fingerprint density at radius 2 is 1.95 bits per heavy atom. The van der Waals surface area contributed by atoms with E-state index in [1.165, 1.54) is 4.68 Å². The van der Waals surface area contributed by atoms with Gasteiger partial charge in [0.2, 0.25) is 21.8 Å². The van der Waals surface area contributed by atoms with Gasteiger partial charge < -0.3 is 9.26 Å². The van der Waals surface area contributed by atoms with Gasteiger partial charge in [-0.2, -0.15) is 14.8 Å². The quantitative estimate of drug-likeness (QED) is 0.302. The van der Waals surface area contributed by atoms with Gasteiger partial charge in [0.1, 0.15) is 22.6 Å². The fourth-order valence-electron chi connectivity index (χ4n) is 4.55. The van der Waals surface area contributed by atoms with Crippen molar-refractivity contribution in [2.24, 2.45) is 10.1 Å². The van der Waals surface area contributed by atoms with Gasteiger partial charge in [0.05, 0.1) is 11.3 Å². The highest BCUT2D eigenvalue weighted by atomic mass is 32.2. The number of benzene rings is 1. The van der Waals surface area contributed by atoms with Gasteiger partial charge in [0, 0.05) is 17.4 Å². The zero-order chi connectivity index (χ0) is 27.8. The van der Waals surface area contributed by atoms with E-state index in [0.717, 1.165) is 31.7 Å². The van der Waals surface area contributed by atoms with Crippen LogP contribution in [0.1, 0.15) is 75.7 Å². The maximum absolute atomic E-state index is 15.0. The van der Waals surface area contributed by atoms with Crippen LogP contribution in [0, 0.1) is 18.6 Å². The number of primary sulfonamides is 1. The number of aliphatic imine (C=N–C) groups is 1. The van der Waals surface area contributed by atoms with E-state index in [0.29, 0.717) is 29.4 Å². The van der Waals surface area contributed by atoms with E-state index in [-0.39, 0.29) is 34.9 Å². The molecule has 1 fully saturated rings. The van der Waals surface area contributed by atoms with Crippen LogP contribution in [0.25, 0.3) is 17.0 Å². The first-order valence-electron chi connectivity index (χ1n) is 12.2. The molecular formula is C25H30F2N6O4S. The van der Waals surface area contributed by atoms with Crippen molar-refractivity contribution >= 4 is 28.4 Å². The summed E-state index contributed by atoms with van der Waals surface area (Å²) in [4.78, 5) is 7.59. The lowest BCUT2D eigenvalue weighted by Crippen LogP contribution is -2.22. The lowest BCUT2D eigenvalue weighted by Gasteiger charge is -2.28. The number of sulfonamides is 1. The van der Waals surface area contributed by atoms with Crippen molar-refractivity contribution in [3.8, 4) is 11.1 Å². The molecule has 4 rings (SSSR count). The average molecular weight is 549 g/mol. The minimum absolute atomic E-state index is 0.123. The number of hydrogen-bond acceptors (Lipinski definition) is 8. The lowest BCUT2D eigenvalue weighted by atomic mass is 9.87. The second-order valence-corrected chi connectivity index (χ2v) is 11.1. The molecule has 0 bridgehead atoms. The summed E-state index contributed by atoms with van der Waals surface area (Å²) >= 11 is 0. The van der Waals surface area contributed by atoms with Crippen LogP contribution in [0.5, 0.6) is 0 Å². The number of nitrogens with zero attached hydrogens (tertiary/aromatic N) is 5. The largest absolute Gasteiger partial charge is 0.475 e.